The molecule has 0 spiro atoms. The zero-order chi connectivity index (χ0) is 13.9. The second kappa shape index (κ2) is 5.95. The van der Waals surface area contributed by atoms with Crippen LogP contribution in [0.5, 0.6) is 0 Å². The van der Waals surface area contributed by atoms with Gasteiger partial charge < -0.3 is 5.32 Å². The normalized spacial score (nSPS) is 17.5. The highest BCUT2D eigenvalue weighted by Crippen LogP contribution is 2.34. The second-order valence-electron chi connectivity index (χ2n) is 5.36. The number of nitrogens with one attached hydrogen (secondary N) is 1. The smallest absolute Gasteiger partial charge is 0.310 e. The summed E-state index contributed by atoms with van der Waals surface area (Å²) in [5, 5.41) is 3.37. The minimum atomic E-state index is -4.26. The van der Waals surface area contributed by atoms with E-state index in [4.69, 9.17) is 0 Å². The maximum atomic E-state index is 12.6. The molecule has 1 N–H and O–H groups in total. The minimum Gasteiger partial charge on any atom is -0.310 e. The van der Waals surface area contributed by atoms with E-state index in [1.165, 1.54) is 25.0 Å². The quantitative estimate of drug-likeness (QED) is 0.810. The minimum absolute atomic E-state index is 0.419. The lowest BCUT2D eigenvalue weighted by atomic mass is 10.1. The largest absolute Gasteiger partial charge is 0.416 e. The van der Waals surface area contributed by atoms with Crippen molar-refractivity contribution in [3.8, 4) is 0 Å². The van der Waals surface area contributed by atoms with Crippen molar-refractivity contribution in [2.75, 3.05) is 0 Å². The molecular formula is C15H20F3N. The molecule has 0 amide bonds. The van der Waals surface area contributed by atoms with E-state index in [1.54, 1.807) is 6.07 Å². The molecule has 1 aliphatic rings. The van der Waals surface area contributed by atoms with E-state index in [-0.39, 0.29) is 0 Å². The fraction of sp³-hybridized carbons (Fsp3) is 0.600. The molecule has 19 heavy (non-hydrogen) atoms. The Hall–Kier alpha value is -1.03. The Labute approximate surface area is 112 Å². The third-order valence-corrected chi connectivity index (χ3v) is 3.66. The predicted molar refractivity (Wildman–Crippen MR) is 69.7 cm³/mol. The molecule has 1 unspecified atom stereocenters. The van der Waals surface area contributed by atoms with Crippen LogP contribution in [0.25, 0.3) is 0 Å². The monoisotopic (exact) mass is 271 g/mol. The molecule has 1 aromatic rings. The summed E-state index contributed by atoms with van der Waals surface area (Å²) in [4.78, 5) is 0. The Morgan fingerprint density at radius 2 is 2.05 bits per heavy atom. The van der Waals surface area contributed by atoms with Crippen LogP contribution in [0.3, 0.4) is 0 Å². The van der Waals surface area contributed by atoms with Gasteiger partial charge in [0.05, 0.1) is 5.56 Å². The number of hydrogen-bond donors (Lipinski definition) is 1. The van der Waals surface area contributed by atoms with Gasteiger partial charge in [-0.15, -0.1) is 0 Å². The van der Waals surface area contributed by atoms with Crippen LogP contribution in [0.4, 0.5) is 13.2 Å². The van der Waals surface area contributed by atoms with E-state index in [1.807, 2.05) is 0 Å². The molecule has 1 atom stereocenters. The summed E-state index contributed by atoms with van der Waals surface area (Å²) < 4.78 is 37.8. The summed E-state index contributed by atoms with van der Waals surface area (Å²) in [6.07, 6.45) is 0.530. The lowest BCUT2D eigenvalue weighted by Gasteiger charge is -2.17. The summed E-state index contributed by atoms with van der Waals surface area (Å²) in [6, 6.07) is 5.98. The molecule has 0 aliphatic heterocycles. The number of benzene rings is 1. The summed E-state index contributed by atoms with van der Waals surface area (Å²) >= 11 is 0. The van der Waals surface area contributed by atoms with Gasteiger partial charge in [0.15, 0.2) is 0 Å². The van der Waals surface area contributed by atoms with Crippen LogP contribution < -0.4 is 5.32 Å². The van der Waals surface area contributed by atoms with Crippen molar-refractivity contribution in [2.45, 2.75) is 51.4 Å². The molecule has 0 heterocycles. The van der Waals surface area contributed by atoms with Crippen molar-refractivity contribution in [3.63, 3.8) is 0 Å². The van der Waals surface area contributed by atoms with Crippen LogP contribution in [0, 0.1) is 5.92 Å². The van der Waals surface area contributed by atoms with Crippen LogP contribution in [0.2, 0.25) is 0 Å². The zero-order valence-corrected chi connectivity index (χ0v) is 11.1. The maximum Gasteiger partial charge on any atom is 0.416 e. The summed E-state index contributed by atoms with van der Waals surface area (Å²) in [5.41, 5.74) is 0.131. The molecule has 4 heteroatoms. The lowest BCUT2D eigenvalue weighted by Crippen LogP contribution is -2.28. The van der Waals surface area contributed by atoms with E-state index in [2.05, 4.69) is 12.2 Å². The van der Waals surface area contributed by atoms with Crippen molar-refractivity contribution in [1.82, 2.24) is 5.32 Å². The molecule has 0 radical (unpaired) electrons. The van der Waals surface area contributed by atoms with E-state index < -0.39 is 11.7 Å². The number of halogens is 3. The zero-order valence-electron chi connectivity index (χ0n) is 11.1. The topological polar surface area (TPSA) is 12.0 Å². The van der Waals surface area contributed by atoms with Gasteiger partial charge in [0, 0.05) is 12.6 Å². The number of rotatable bonds is 6. The average molecular weight is 271 g/mol. The van der Waals surface area contributed by atoms with Crippen LogP contribution in [0.15, 0.2) is 24.3 Å². The highest BCUT2D eigenvalue weighted by molar-refractivity contribution is 5.25. The summed E-state index contributed by atoms with van der Waals surface area (Å²) in [6.45, 7) is 2.63. The fourth-order valence-corrected chi connectivity index (χ4v) is 2.27. The van der Waals surface area contributed by atoms with Gasteiger partial charge in [-0.1, -0.05) is 38.0 Å². The van der Waals surface area contributed by atoms with Gasteiger partial charge >= 0.3 is 6.18 Å². The van der Waals surface area contributed by atoms with Gasteiger partial charge in [-0.2, -0.15) is 13.2 Å². The molecule has 1 fully saturated rings. The molecule has 1 aliphatic carbocycles. The molecule has 1 aromatic carbocycles. The van der Waals surface area contributed by atoms with Crippen LogP contribution in [0.1, 0.15) is 43.7 Å². The van der Waals surface area contributed by atoms with Crippen molar-refractivity contribution < 1.29 is 13.2 Å². The van der Waals surface area contributed by atoms with Gasteiger partial charge in [0.2, 0.25) is 0 Å². The van der Waals surface area contributed by atoms with E-state index >= 15 is 0 Å². The lowest BCUT2D eigenvalue weighted by molar-refractivity contribution is -0.137. The predicted octanol–water partition coefficient (Wildman–Crippen LogP) is 4.37. The fourth-order valence-electron chi connectivity index (χ4n) is 2.27. The van der Waals surface area contributed by atoms with Crippen LogP contribution in [-0.4, -0.2) is 6.04 Å². The summed E-state index contributed by atoms with van der Waals surface area (Å²) in [5.74, 6) is 0.832. The summed E-state index contributed by atoms with van der Waals surface area (Å²) in [7, 11) is 0. The molecule has 2 rings (SSSR count). The molecule has 0 bridgehead atoms. The molecular weight excluding hydrogens is 251 g/mol. The third kappa shape index (κ3) is 4.53. The van der Waals surface area contributed by atoms with Crippen LogP contribution >= 0.6 is 0 Å². The SMILES string of the molecule is CCC(CC1CC1)NCc1cccc(C(F)(F)F)c1. The van der Waals surface area contributed by atoms with Crippen molar-refractivity contribution >= 4 is 0 Å². The molecule has 0 saturated heterocycles. The highest BCUT2D eigenvalue weighted by Gasteiger charge is 2.30. The molecule has 1 nitrogen and oxygen atoms in total. The van der Waals surface area contributed by atoms with E-state index in [0.717, 1.165) is 24.8 Å². The maximum absolute atomic E-state index is 12.6. The Morgan fingerprint density at radius 3 is 2.63 bits per heavy atom. The van der Waals surface area contributed by atoms with Gasteiger partial charge in [0.1, 0.15) is 0 Å². The standard InChI is InChI=1S/C15H20F3N/c1-2-14(9-11-6-7-11)19-10-12-4-3-5-13(8-12)15(16,17)18/h3-5,8,11,14,19H,2,6-7,9-10H2,1H3. The van der Waals surface area contributed by atoms with Crippen molar-refractivity contribution in [1.29, 1.82) is 0 Å². The number of hydrogen-bond acceptors (Lipinski definition) is 1. The Kier molecular flexibility index (Phi) is 4.50. The first-order valence-electron chi connectivity index (χ1n) is 6.88. The number of alkyl halides is 3. The Morgan fingerprint density at radius 1 is 1.32 bits per heavy atom. The third-order valence-electron chi connectivity index (χ3n) is 3.66. The first-order chi connectivity index (χ1) is 8.99. The Balaban J connectivity index is 1.90. The molecule has 0 aromatic heterocycles. The van der Waals surface area contributed by atoms with Crippen LogP contribution in [-0.2, 0) is 12.7 Å². The van der Waals surface area contributed by atoms with Gasteiger partial charge in [-0.25, -0.2) is 0 Å². The second-order valence-corrected chi connectivity index (χ2v) is 5.36. The van der Waals surface area contributed by atoms with Crippen molar-refractivity contribution in [2.24, 2.45) is 5.92 Å². The van der Waals surface area contributed by atoms with Gasteiger partial charge in [-0.3, -0.25) is 0 Å². The van der Waals surface area contributed by atoms with Crippen molar-refractivity contribution in [3.05, 3.63) is 35.4 Å². The van der Waals surface area contributed by atoms with E-state index in [0.29, 0.717) is 18.2 Å². The van der Waals surface area contributed by atoms with E-state index in [9.17, 15) is 13.2 Å². The average Bonchev–Trinajstić information content (AvgIpc) is 3.17. The van der Waals surface area contributed by atoms with Gasteiger partial charge in [-0.05, 0) is 30.4 Å². The first kappa shape index (κ1) is 14.4. The molecule has 1 saturated carbocycles. The highest BCUT2D eigenvalue weighted by atomic mass is 19.4. The molecule has 106 valence electrons. The van der Waals surface area contributed by atoms with Gasteiger partial charge in [0.25, 0.3) is 0 Å². The Bertz CT molecular complexity index is 410. The first-order valence-corrected chi connectivity index (χ1v) is 6.88.